The van der Waals surface area contributed by atoms with Crippen molar-refractivity contribution >= 4 is 40.2 Å². The summed E-state index contributed by atoms with van der Waals surface area (Å²) in [5.74, 6) is -0.725. The summed E-state index contributed by atoms with van der Waals surface area (Å²) in [4.78, 5) is 60.7. The highest BCUT2D eigenvalue weighted by Crippen LogP contribution is 2.34. The molecule has 4 atom stereocenters. The number of fused-ring (bicyclic) bond motifs is 1. The molecule has 0 aliphatic carbocycles. The third-order valence-electron chi connectivity index (χ3n) is 5.66. The SMILES string of the molecule is O=C=C1CS(=O)[C@H]2C(NC(=O)Cc3ccccc3)C(=O)N2C1C(=O)OCc1ccc([N+](=O)[O-])cc1. The number of carbonyl (C=O) groups is 3. The van der Waals surface area contributed by atoms with Crippen molar-refractivity contribution in [3.63, 3.8) is 0 Å². The minimum atomic E-state index is -1.74. The monoisotopic (exact) mass is 497 g/mol. The first-order valence-electron chi connectivity index (χ1n) is 10.5. The summed E-state index contributed by atoms with van der Waals surface area (Å²) in [5.41, 5.74) is 0.876. The smallest absolute Gasteiger partial charge is 0.334 e. The van der Waals surface area contributed by atoms with E-state index in [0.717, 1.165) is 10.5 Å². The summed E-state index contributed by atoms with van der Waals surface area (Å²) in [7, 11) is -1.74. The summed E-state index contributed by atoms with van der Waals surface area (Å²) in [6.45, 7) is -0.257. The largest absolute Gasteiger partial charge is 0.459 e. The fraction of sp³-hybridized carbons (Fsp3) is 0.261. The maximum atomic E-state index is 12.8. The number of esters is 1. The summed E-state index contributed by atoms with van der Waals surface area (Å²) < 4.78 is 18.0. The number of β-lactam (4-membered cyclic amide) rings is 1. The van der Waals surface area contributed by atoms with Gasteiger partial charge >= 0.3 is 5.97 Å². The molecule has 12 heteroatoms. The van der Waals surface area contributed by atoms with Crippen LogP contribution in [0.15, 0.2) is 60.2 Å². The van der Waals surface area contributed by atoms with Gasteiger partial charge in [0.2, 0.25) is 11.8 Å². The molecule has 2 heterocycles. The standard InChI is InChI=1S/C23H19N3O8S/c27-11-16-13-35(33)22-19(24-18(28)10-14-4-2-1-3-5-14)21(29)25(22)20(16)23(30)34-12-15-6-8-17(9-7-15)26(31)32/h1-9,19-20,22H,10,12-13H2,(H,24,28)/t19?,20?,22-,35?/m0/s1. The van der Waals surface area contributed by atoms with E-state index in [2.05, 4.69) is 5.32 Å². The Morgan fingerprint density at radius 1 is 1.14 bits per heavy atom. The lowest BCUT2D eigenvalue weighted by Gasteiger charge is -2.51. The Bertz CT molecular complexity index is 1260. The van der Waals surface area contributed by atoms with Gasteiger partial charge in [-0.25, -0.2) is 9.59 Å². The number of hydrogen-bond donors (Lipinski definition) is 1. The molecule has 180 valence electrons. The summed E-state index contributed by atoms with van der Waals surface area (Å²) >= 11 is 0. The molecule has 2 aliphatic rings. The van der Waals surface area contributed by atoms with E-state index in [0.29, 0.717) is 5.56 Å². The molecular weight excluding hydrogens is 478 g/mol. The van der Waals surface area contributed by atoms with Gasteiger partial charge in [-0.2, -0.15) is 0 Å². The van der Waals surface area contributed by atoms with Crippen molar-refractivity contribution in [2.45, 2.75) is 30.5 Å². The second kappa shape index (κ2) is 10.00. The zero-order valence-corrected chi connectivity index (χ0v) is 18.9. The third-order valence-corrected chi connectivity index (χ3v) is 7.30. The van der Waals surface area contributed by atoms with E-state index in [9.17, 15) is 33.5 Å². The minimum Gasteiger partial charge on any atom is -0.459 e. The number of non-ortho nitro benzene ring substituents is 1. The number of benzene rings is 2. The van der Waals surface area contributed by atoms with Crippen molar-refractivity contribution in [2.24, 2.45) is 0 Å². The quantitative estimate of drug-likeness (QED) is 0.190. The first-order valence-corrected chi connectivity index (χ1v) is 11.8. The minimum absolute atomic E-state index is 0.0180. The van der Waals surface area contributed by atoms with Crippen LogP contribution in [0.2, 0.25) is 0 Å². The molecule has 3 unspecified atom stereocenters. The maximum absolute atomic E-state index is 12.8. The molecule has 2 aliphatic heterocycles. The number of nitro groups is 1. The molecule has 2 aromatic rings. The van der Waals surface area contributed by atoms with Crippen LogP contribution in [0.1, 0.15) is 11.1 Å². The summed E-state index contributed by atoms with van der Waals surface area (Å²) in [5, 5.41) is 12.3. The predicted molar refractivity (Wildman–Crippen MR) is 122 cm³/mol. The number of nitrogens with zero attached hydrogens (tertiary/aromatic N) is 2. The number of rotatable bonds is 7. The van der Waals surface area contributed by atoms with Gasteiger partial charge in [0.05, 0.1) is 33.5 Å². The molecular formula is C23H19N3O8S. The number of carbonyl (C=O) groups excluding carboxylic acids is 4. The van der Waals surface area contributed by atoms with E-state index >= 15 is 0 Å². The van der Waals surface area contributed by atoms with Crippen molar-refractivity contribution in [2.75, 3.05) is 5.75 Å². The molecule has 2 amide bonds. The molecule has 2 aromatic carbocycles. The Hall–Kier alpha value is -4.15. The highest BCUT2D eigenvalue weighted by atomic mass is 32.2. The van der Waals surface area contributed by atoms with E-state index in [1.54, 1.807) is 36.3 Å². The van der Waals surface area contributed by atoms with E-state index in [1.807, 2.05) is 0 Å². The Morgan fingerprint density at radius 2 is 1.83 bits per heavy atom. The van der Waals surface area contributed by atoms with Gasteiger partial charge in [-0.15, -0.1) is 0 Å². The Kier molecular flexibility index (Phi) is 6.85. The number of nitro benzene ring substituents is 1. The van der Waals surface area contributed by atoms with E-state index in [4.69, 9.17) is 4.74 Å². The predicted octanol–water partition coefficient (Wildman–Crippen LogP) is 0.423. The molecule has 1 N–H and O–H groups in total. The van der Waals surface area contributed by atoms with Crippen LogP contribution in [-0.4, -0.2) is 61.0 Å². The van der Waals surface area contributed by atoms with Gasteiger partial charge in [-0.05, 0) is 23.3 Å². The molecule has 35 heavy (non-hydrogen) atoms. The van der Waals surface area contributed by atoms with Crippen molar-refractivity contribution in [3.8, 4) is 0 Å². The number of ether oxygens (including phenoxy) is 1. The maximum Gasteiger partial charge on any atom is 0.334 e. The molecule has 0 bridgehead atoms. The van der Waals surface area contributed by atoms with Gasteiger partial charge in [-0.3, -0.25) is 23.9 Å². The van der Waals surface area contributed by atoms with Gasteiger partial charge in [0.15, 0.2) is 6.04 Å². The van der Waals surface area contributed by atoms with Crippen LogP contribution in [0, 0.1) is 10.1 Å². The van der Waals surface area contributed by atoms with Crippen molar-refractivity contribution in [3.05, 3.63) is 81.4 Å². The molecule has 0 spiro atoms. The fourth-order valence-corrected chi connectivity index (χ4v) is 5.61. The van der Waals surface area contributed by atoms with Gasteiger partial charge in [-0.1, -0.05) is 30.3 Å². The average molecular weight is 497 g/mol. The molecule has 11 nitrogen and oxygen atoms in total. The molecule has 0 saturated carbocycles. The van der Waals surface area contributed by atoms with Crippen LogP contribution in [0.25, 0.3) is 0 Å². The second-order valence-corrected chi connectivity index (χ2v) is 9.46. The molecule has 4 rings (SSSR count). The number of hydrogen-bond acceptors (Lipinski definition) is 8. The molecule has 2 saturated heterocycles. The van der Waals surface area contributed by atoms with Crippen molar-refractivity contribution < 1.29 is 33.0 Å². The zero-order chi connectivity index (χ0) is 25.1. The Balaban J connectivity index is 1.44. The van der Waals surface area contributed by atoms with Crippen LogP contribution in [0.3, 0.4) is 0 Å². The van der Waals surface area contributed by atoms with Gasteiger partial charge in [0.1, 0.15) is 24.0 Å². The lowest BCUT2D eigenvalue weighted by molar-refractivity contribution is -0.384. The van der Waals surface area contributed by atoms with Gasteiger partial charge in [0, 0.05) is 12.1 Å². The van der Waals surface area contributed by atoms with E-state index in [-0.39, 0.29) is 30.0 Å². The lowest BCUT2D eigenvalue weighted by atomic mass is 9.98. The third kappa shape index (κ3) is 4.88. The van der Waals surface area contributed by atoms with Crippen LogP contribution in [0.5, 0.6) is 0 Å². The van der Waals surface area contributed by atoms with E-state index < -0.39 is 51.0 Å². The second-order valence-electron chi connectivity index (χ2n) is 7.93. The van der Waals surface area contributed by atoms with Crippen LogP contribution in [-0.2, 0) is 47.7 Å². The van der Waals surface area contributed by atoms with E-state index in [1.165, 1.54) is 24.3 Å². The first-order chi connectivity index (χ1) is 16.8. The van der Waals surface area contributed by atoms with Crippen LogP contribution >= 0.6 is 0 Å². The molecule has 0 aromatic heterocycles. The van der Waals surface area contributed by atoms with Crippen molar-refractivity contribution in [1.82, 2.24) is 10.2 Å². The number of amides is 2. The zero-order valence-electron chi connectivity index (χ0n) is 18.1. The molecule has 0 radical (unpaired) electrons. The lowest BCUT2D eigenvalue weighted by Crippen LogP contribution is -2.77. The van der Waals surface area contributed by atoms with Crippen LogP contribution in [0.4, 0.5) is 5.69 Å². The summed E-state index contributed by atoms with van der Waals surface area (Å²) in [6.07, 6.45) is 0.0180. The highest BCUT2D eigenvalue weighted by molar-refractivity contribution is 7.86. The normalized spacial score (nSPS) is 22.9. The fourth-order valence-electron chi connectivity index (χ4n) is 3.95. The molecule has 2 fully saturated rings. The number of nitrogens with one attached hydrogen (secondary N) is 1. The highest BCUT2D eigenvalue weighted by Gasteiger charge is 2.60. The summed E-state index contributed by atoms with van der Waals surface area (Å²) in [6, 6.07) is 11.7. The Morgan fingerprint density at radius 3 is 2.46 bits per heavy atom. The average Bonchev–Trinajstić information content (AvgIpc) is 2.86. The topological polar surface area (TPSA) is 153 Å². The van der Waals surface area contributed by atoms with Crippen LogP contribution < -0.4 is 5.32 Å². The Labute approximate surface area is 201 Å². The first kappa shape index (κ1) is 24.0. The van der Waals surface area contributed by atoms with Gasteiger partial charge in [0.25, 0.3) is 5.69 Å². The van der Waals surface area contributed by atoms with Gasteiger partial charge < -0.3 is 15.0 Å². The van der Waals surface area contributed by atoms with Crippen molar-refractivity contribution in [1.29, 1.82) is 0 Å².